The lowest BCUT2D eigenvalue weighted by Gasteiger charge is -2.12. The van der Waals surface area contributed by atoms with Gasteiger partial charge in [-0.3, -0.25) is 4.99 Å². The highest BCUT2D eigenvalue weighted by Gasteiger charge is 2.05. The number of nitrogens with zero attached hydrogens (tertiary/aromatic N) is 3. The number of methoxy groups -OCH3 is 2. The standard InChI is InChI=1S/C23H29N5O2.HI/c1-17-5-6-18(15-22(17)30-4)11-13-25-23(24-2)26-16-19-12-14-28(27-19)20-7-9-21(29-3)10-8-20;/h5-10,12,14-15H,11,13,16H2,1-4H3,(H2,24,25,26);1H. The van der Waals surface area contributed by atoms with Gasteiger partial charge < -0.3 is 20.1 Å². The van der Waals surface area contributed by atoms with Gasteiger partial charge in [0.1, 0.15) is 11.5 Å². The van der Waals surface area contributed by atoms with E-state index in [-0.39, 0.29) is 24.0 Å². The minimum Gasteiger partial charge on any atom is -0.497 e. The molecule has 0 amide bonds. The molecular formula is C23H30IN5O2. The fraction of sp³-hybridized carbons (Fsp3) is 0.304. The lowest BCUT2D eigenvalue weighted by atomic mass is 10.1. The quantitative estimate of drug-likeness (QED) is 0.262. The van der Waals surface area contributed by atoms with Crippen molar-refractivity contribution in [3.8, 4) is 17.2 Å². The van der Waals surface area contributed by atoms with E-state index in [1.165, 1.54) is 5.56 Å². The first-order valence-electron chi connectivity index (χ1n) is 9.90. The molecule has 7 nitrogen and oxygen atoms in total. The molecule has 3 rings (SSSR count). The van der Waals surface area contributed by atoms with E-state index in [0.717, 1.165) is 47.4 Å². The SMILES string of the molecule is CN=C(NCCc1ccc(C)c(OC)c1)NCc1ccn(-c2ccc(OC)cc2)n1.I. The van der Waals surface area contributed by atoms with E-state index in [2.05, 4.69) is 38.9 Å². The van der Waals surface area contributed by atoms with Crippen LogP contribution in [-0.2, 0) is 13.0 Å². The normalized spacial score (nSPS) is 10.9. The molecule has 8 heteroatoms. The summed E-state index contributed by atoms with van der Waals surface area (Å²) in [7, 11) is 5.12. The van der Waals surface area contributed by atoms with Crippen LogP contribution in [0.1, 0.15) is 16.8 Å². The monoisotopic (exact) mass is 535 g/mol. The van der Waals surface area contributed by atoms with Gasteiger partial charge in [-0.25, -0.2) is 4.68 Å². The van der Waals surface area contributed by atoms with Crippen LogP contribution in [0.3, 0.4) is 0 Å². The van der Waals surface area contributed by atoms with Gasteiger partial charge in [-0.1, -0.05) is 12.1 Å². The molecule has 0 bridgehead atoms. The predicted octanol–water partition coefficient (Wildman–Crippen LogP) is 3.72. The molecule has 166 valence electrons. The third-order valence-electron chi connectivity index (χ3n) is 4.82. The first-order valence-corrected chi connectivity index (χ1v) is 9.90. The van der Waals surface area contributed by atoms with Crippen LogP contribution in [0, 0.1) is 6.92 Å². The molecule has 0 aliphatic rings. The summed E-state index contributed by atoms with van der Waals surface area (Å²) in [5.74, 6) is 2.49. The molecule has 0 radical (unpaired) electrons. The van der Waals surface area contributed by atoms with Gasteiger partial charge in [-0.05, 0) is 60.9 Å². The number of hydrogen-bond acceptors (Lipinski definition) is 4. The lowest BCUT2D eigenvalue weighted by Crippen LogP contribution is -2.38. The number of benzene rings is 2. The molecule has 2 aromatic carbocycles. The zero-order valence-electron chi connectivity index (χ0n) is 18.4. The van der Waals surface area contributed by atoms with E-state index < -0.39 is 0 Å². The minimum atomic E-state index is 0. The first kappa shape index (κ1) is 24.5. The molecule has 1 aromatic heterocycles. The van der Waals surface area contributed by atoms with Gasteiger partial charge in [-0.2, -0.15) is 5.10 Å². The highest BCUT2D eigenvalue weighted by molar-refractivity contribution is 14.0. The number of ether oxygens (including phenoxy) is 2. The smallest absolute Gasteiger partial charge is 0.191 e. The number of aliphatic imine (C=N–C) groups is 1. The minimum absolute atomic E-state index is 0. The van der Waals surface area contributed by atoms with Crippen LogP contribution in [0.5, 0.6) is 11.5 Å². The van der Waals surface area contributed by atoms with Crippen LogP contribution in [0.25, 0.3) is 5.69 Å². The lowest BCUT2D eigenvalue weighted by molar-refractivity contribution is 0.411. The molecule has 0 aliphatic carbocycles. The average Bonchev–Trinajstić information content (AvgIpc) is 3.26. The van der Waals surface area contributed by atoms with E-state index in [9.17, 15) is 0 Å². The molecule has 2 N–H and O–H groups in total. The molecule has 0 saturated carbocycles. The summed E-state index contributed by atoms with van der Waals surface area (Å²) in [6, 6.07) is 16.1. The Kier molecular flexibility index (Phi) is 9.64. The van der Waals surface area contributed by atoms with E-state index in [1.54, 1.807) is 21.3 Å². The van der Waals surface area contributed by atoms with E-state index in [4.69, 9.17) is 9.47 Å². The molecule has 1 heterocycles. The fourth-order valence-electron chi connectivity index (χ4n) is 3.07. The Morgan fingerprint density at radius 1 is 1.03 bits per heavy atom. The van der Waals surface area contributed by atoms with Gasteiger partial charge in [-0.15, -0.1) is 24.0 Å². The second kappa shape index (κ2) is 12.2. The average molecular weight is 535 g/mol. The predicted molar refractivity (Wildman–Crippen MR) is 135 cm³/mol. The van der Waals surface area contributed by atoms with E-state index in [1.807, 2.05) is 48.1 Å². The summed E-state index contributed by atoms with van der Waals surface area (Å²) in [4.78, 5) is 4.29. The Morgan fingerprint density at radius 2 is 1.81 bits per heavy atom. The van der Waals surface area contributed by atoms with Gasteiger partial charge in [0, 0.05) is 19.8 Å². The molecule has 31 heavy (non-hydrogen) atoms. The second-order valence-corrected chi connectivity index (χ2v) is 6.86. The van der Waals surface area contributed by atoms with Crippen molar-refractivity contribution in [2.24, 2.45) is 4.99 Å². The van der Waals surface area contributed by atoms with Crippen molar-refractivity contribution in [3.05, 3.63) is 71.5 Å². The molecule has 0 atom stereocenters. The highest BCUT2D eigenvalue weighted by atomic mass is 127. The first-order chi connectivity index (χ1) is 14.6. The van der Waals surface area contributed by atoms with E-state index in [0.29, 0.717) is 6.54 Å². The van der Waals surface area contributed by atoms with Crippen molar-refractivity contribution in [3.63, 3.8) is 0 Å². The number of nitrogens with one attached hydrogen (secondary N) is 2. The van der Waals surface area contributed by atoms with Crippen molar-refractivity contribution in [2.45, 2.75) is 19.9 Å². The van der Waals surface area contributed by atoms with Crippen LogP contribution in [0.2, 0.25) is 0 Å². The number of rotatable bonds is 8. The Balaban J connectivity index is 0.00000341. The summed E-state index contributed by atoms with van der Waals surface area (Å²) in [6.45, 7) is 3.40. The maximum atomic E-state index is 5.40. The molecule has 3 aromatic rings. The van der Waals surface area contributed by atoms with Crippen molar-refractivity contribution in [2.75, 3.05) is 27.8 Å². The summed E-state index contributed by atoms with van der Waals surface area (Å²) < 4.78 is 12.4. The van der Waals surface area contributed by atoms with Crippen molar-refractivity contribution in [1.82, 2.24) is 20.4 Å². The summed E-state index contributed by atoms with van der Waals surface area (Å²) in [5.41, 5.74) is 4.27. The topological polar surface area (TPSA) is 72.7 Å². The zero-order valence-corrected chi connectivity index (χ0v) is 20.7. The molecule has 0 unspecified atom stereocenters. The number of halogens is 1. The largest absolute Gasteiger partial charge is 0.497 e. The van der Waals surface area contributed by atoms with Crippen molar-refractivity contribution in [1.29, 1.82) is 0 Å². The summed E-state index contributed by atoms with van der Waals surface area (Å²) >= 11 is 0. The fourth-order valence-corrected chi connectivity index (χ4v) is 3.07. The van der Waals surface area contributed by atoms with Crippen molar-refractivity contribution < 1.29 is 9.47 Å². The second-order valence-electron chi connectivity index (χ2n) is 6.86. The Morgan fingerprint density at radius 3 is 2.48 bits per heavy atom. The third-order valence-corrected chi connectivity index (χ3v) is 4.82. The molecule has 0 aliphatic heterocycles. The highest BCUT2D eigenvalue weighted by Crippen LogP contribution is 2.19. The number of aryl methyl sites for hydroxylation is 1. The van der Waals surface area contributed by atoms with Gasteiger partial charge in [0.05, 0.1) is 32.1 Å². The number of guanidine groups is 1. The summed E-state index contributed by atoms with van der Waals surface area (Å²) in [6.07, 6.45) is 2.82. The van der Waals surface area contributed by atoms with Crippen LogP contribution in [-0.4, -0.2) is 43.6 Å². The van der Waals surface area contributed by atoms with Crippen LogP contribution < -0.4 is 20.1 Å². The number of hydrogen-bond donors (Lipinski definition) is 2. The maximum Gasteiger partial charge on any atom is 0.191 e. The van der Waals surface area contributed by atoms with Crippen LogP contribution >= 0.6 is 24.0 Å². The molecule has 0 spiro atoms. The maximum absolute atomic E-state index is 5.40. The molecule has 0 fully saturated rings. The van der Waals surface area contributed by atoms with Crippen LogP contribution in [0.15, 0.2) is 59.7 Å². The molecular weight excluding hydrogens is 505 g/mol. The molecule has 0 saturated heterocycles. The Hall–Kier alpha value is -2.75. The van der Waals surface area contributed by atoms with Gasteiger partial charge >= 0.3 is 0 Å². The number of aromatic nitrogens is 2. The zero-order chi connectivity index (χ0) is 21.3. The van der Waals surface area contributed by atoms with Gasteiger partial charge in [0.2, 0.25) is 0 Å². The Bertz CT molecular complexity index is 986. The van der Waals surface area contributed by atoms with Gasteiger partial charge in [0.15, 0.2) is 5.96 Å². The van der Waals surface area contributed by atoms with Crippen molar-refractivity contribution >= 4 is 29.9 Å². The van der Waals surface area contributed by atoms with Gasteiger partial charge in [0.25, 0.3) is 0 Å². The Labute approximate surface area is 200 Å². The third kappa shape index (κ3) is 6.88. The van der Waals surface area contributed by atoms with Crippen LogP contribution in [0.4, 0.5) is 0 Å². The summed E-state index contributed by atoms with van der Waals surface area (Å²) in [5, 5.41) is 11.3. The van der Waals surface area contributed by atoms with E-state index >= 15 is 0 Å².